The summed E-state index contributed by atoms with van der Waals surface area (Å²) >= 11 is 0. The van der Waals surface area contributed by atoms with Crippen LogP contribution in [0.25, 0.3) is 0 Å². The lowest BCUT2D eigenvalue weighted by molar-refractivity contribution is -0.151. The number of para-hydroxylation sites is 2. The van der Waals surface area contributed by atoms with Gasteiger partial charge in [-0.3, -0.25) is 29.6 Å². The second-order valence-corrected chi connectivity index (χ2v) is 8.72. The van der Waals surface area contributed by atoms with E-state index in [1.54, 1.807) is 24.3 Å². The van der Waals surface area contributed by atoms with E-state index >= 15 is 0 Å². The monoisotopic (exact) mass is 515 g/mol. The highest BCUT2D eigenvalue weighted by molar-refractivity contribution is 5.95. The number of hydrogen-bond acceptors (Lipinski definition) is 6. The maximum atomic E-state index is 13.3. The molecule has 3 aromatic rings. The van der Waals surface area contributed by atoms with Gasteiger partial charge in [0.2, 0.25) is 5.91 Å². The average molecular weight is 516 g/mol. The van der Waals surface area contributed by atoms with Crippen LogP contribution in [0.15, 0.2) is 84.9 Å². The molecule has 0 saturated carbocycles. The molecule has 9 nitrogen and oxygen atoms in total. The summed E-state index contributed by atoms with van der Waals surface area (Å²) in [5, 5.41) is 3.80. The van der Waals surface area contributed by atoms with E-state index in [4.69, 9.17) is 9.47 Å². The quantitative estimate of drug-likeness (QED) is 0.401. The van der Waals surface area contributed by atoms with Crippen molar-refractivity contribution in [3.63, 3.8) is 0 Å². The molecule has 1 fully saturated rings. The van der Waals surface area contributed by atoms with Crippen LogP contribution in [0.3, 0.4) is 0 Å². The van der Waals surface area contributed by atoms with Gasteiger partial charge in [0.05, 0.1) is 30.7 Å². The predicted molar refractivity (Wildman–Crippen MR) is 140 cm³/mol. The molecule has 3 aromatic carbocycles. The van der Waals surface area contributed by atoms with Crippen molar-refractivity contribution in [1.82, 2.24) is 10.4 Å². The zero-order valence-electron chi connectivity index (χ0n) is 21.0. The summed E-state index contributed by atoms with van der Waals surface area (Å²) in [6.45, 7) is 1.70. The number of carbonyl (C=O) groups is 4. The lowest BCUT2D eigenvalue weighted by Gasteiger charge is -2.23. The molecule has 0 aliphatic carbocycles. The molecule has 3 amide bonds. The molecule has 1 heterocycles. The normalized spacial score (nSPS) is 14.7. The minimum atomic E-state index is -0.807. The van der Waals surface area contributed by atoms with Crippen molar-refractivity contribution in [3.8, 4) is 5.75 Å². The van der Waals surface area contributed by atoms with Crippen LogP contribution in [-0.2, 0) is 23.9 Å². The van der Waals surface area contributed by atoms with Gasteiger partial charge in [-0.25, -0.2) is 0 Å². The Balaban J connectivity index is 1.34. The SMILES string of the molecule is CCOc1ccccc1NC(=O)COC(=O)[C@@H]1CC(=O)N(NC(=O)C(c2ccccc2)c2ccccc2)C1. The molecule has 0 spiro atoms. The summed E-state index contributed by atoms with van der Waals surface area (Å²) in [7, 11) is 0. The molecule has 38 heavy (non-hydrogen) atoms. The predicted octanol–water partition coefficient (Wildman–Crippen LogP) is 3.28. The lowest BCUT2D eigenvalue weighted by atomic mass is 9.91. The van der Waals surface area contributed by atoms with E-state index in [1.807, 2.05) is 67.6 Å². The van der Waals surface area contributed by atoms with Gasteiger partial charge >= 0.3 is 5.97 Å². The number of amides is 3. The number of rotatable bonds is 10. The molecule has 1 aliphatic rings. The number of nitrogens with one attached hydrogen (secondary N) is 2. The fourth-order valence-electron chi connectivity index (χ4n) is 4.25. The summed E-state index contributed by atoms with van der Waals surface area (Å²) in [5.41, 5.74) is 4.68. The van der Waals surface area contributed by atoms with Crippen LogP contribution in [0, 0.1) is 5.92 Å². The number of esters is 1. The molecule has 2 N–H and O–H groups in total. The summed E-state index contributed by atoms with van der Waals surface area (Å²) in [5.74, 6) is -2.96. The van der Waals surface area contributed by atoms with Crippen molar-refractivity contribution in [2.75, 3.05) is 25.1 Å². The number of anilines is 1. The number of nitrogens with zero attached hydrogens (tertiary/aromatic N) is 1. The molecule has 0 radical (unpaired) electrons. The van der Waals surface area contributed by atoms with Gasteiger partial charge in [0.1, 0.15) is 5.75 Å². The molecular weight excluding hydrogens is 486 g/mol. The standard InChI is InChI=1S/C29H29N3O6/c1-2-37-24-16-10-9-15-23(24)30-25(33)19-38-29(36)22-17-26(34)32(18-22)31-28(35)27(20-11-5-3-6-12-20)21-13-7-4-8-14-21/h3-16,22,27H,2,17-19H2,1H3,(H,30,33)(H,31,35)/t22-/m1/s1. The lowest BCUT2D eigenvalue weighted by Crippen LogP contribution is -2.45. The second-order valence-electron chi connectivity index (χ2n) is 8.72. The smallest absolute Gasteiger partial charge is 0.311 e. The molecule has 196 valence electrons. The van der Waals surface area contributed by atoms with E-state index in [9.17, 15) is 19.2 Å². The van der Waals surface area contributed by atoms with Crippen LogP contribution in [0.5, 0.6) is 5.75 Å². The Morgan fingerprint density at radius 3 is 2.16 bits per heavy atom. The Kier molecular flexibility index (Phi) is 8.71. The van der Waals surface area contributed by atoms with Crippen molar-refractivity contribution in [2.24, 2.45) is 5.92 Å². The van der Waals surface area contributed by atoms with Gasteiger partial charge in [0, 0.05) is 6.42 Å². The van der Waals surface area contributed by atoms with Crippen molar-refractivity contribution < 1.29 is 28.7 Å². The first-order valence-electron chi connectivity index (χ1n) is 12.3. The third-order valence-electron chi connectivity index (χ3n) is 6.04. The van der Waals surface area contributed by atoms with E-state index in [0.717, 1.165) is 16.1 Å². The van der Waals surface area contributed by atoms with Gasteiger partial charge in [-0.05, 0) is 30.2 Å². The van der Waals surface area contributed by atoms with E-state index in [2.05, 4.69) is 10.7 Å². The van der Waals surface area contributed by atoms with Gasteiger partial charge < -0.3 is 14.8 Å². The van der Waals surface area contributed by atoms with Crippen molar-refractivity contribution in [3.05, 3.63) is 96.1 Å². The highest BCUT2D eigenvalue weighted by atomic mass is 16.5. The minimum Gasteiger partial charge on any atom is -0.492 e. The van der Waals surface area contributed by atoms with Crippen molar-refractivity contribution >= 4 is 29.4 Å². The van der Waals surface area contributed by atoms with Gasteiger partial charge in [-0.15, -0.1) is 0 Å². The van der Waals surface area contributed by atoms with Crippen molar-refractivity contribution in [2.45, 2.75) is 19.3 Å². The molecule has 4 rings (SSSR count). The molecule has 0 aromatic heterocycles. The molecule has 0 unspecified atom stereocenters. The largest absolute Gasteiger partial charge is 0.492 e. The third-order valence-corrected chi connectivity index (χ3v) is 6.04. The first-order valence-corrected chi connectivity index (χ1v) is 12.3. The summed E-state index contributed by atoms with van der Waals surface area (Å²) in [6.07, 6.45) is -0.130. The van der Waals surface area contributed by atoms with Gasteiger partial charge in [0.15, 0.2) is 6.61 Å². The van der Waals surface area contributed by atoms with E-state index in [-0.39, 0.29) is 13.0 Å². The van der Waals surface area contributed by atoms with Gasteiger partial charge in [-0.1, -0.05) is 72.8 Å². The minimum absolute atomic E-state index is 0.0471. The fraction of sp³-hybridized carbons (Fsp3) is 0.241. The average Bonchev–Trinajstić information content (AvgIpc) is 3.30. The number of carbonyl (C=O) groups excluding carboxylic acids is 4. The molecular formula is C29H29N3O6. The first kappa shape index (κ1) is 26.4. The molecule has 1 saturated heterocycles. The zero-order chi connectivity index (χ0) is 26.9. The maximum absolute atomic E-state index is 13.3. The molecule has 9 heteroatoms. The Labute approximate surface area is 220 Å². The third kappa shape index (κ3) is 6.56. The number of hydrazine groups is 1. The van der Waals surface area contributed by atoms with Crippen LogP contribution in [0.1, 0.15) is 30.4 Å². The van der Waals surface area contributed by atoms with E-state index in [1.165, 1.54) is 0 Å². The zero-order valence-corrected chi connectivity index (χ0v) is 21.0. The number of hydrogen-bond donors (Lipinski definition) is 2. The Morgan fingerprint density at radius 2 is 1.53 bits per heavy atom. The van der Waals surface area contributed by atoms with Crippen LogP contribution < -0.4 is 15.5 Å². The second kappa shape index (κ2) is 12.5. The van der Waals surface area contributed by atoms with Crippen LogP contribution >= 0.6 is 0 Å². The molecule has 0 bridgehead atoms. The Bertz CT molecular complexity index is 1240. The molecule has 1 atom stereocenters. The first-order chi connectivity index (χ1) is 18.5. The van der Waals surface area contributed by atoms with Crippen LogP contribution in [0.2, 0.25) is 0 Å². The summed E-state index contributed by atoms with van der Waals surface area (Å²) in [4.78, 5) is 50.8. The molecule has 1 aliphatic heterocycles. The maximum Gasteiger partial charge on any atom is 0.311 e. The fourth-order valence-corrected chi connectivity index (χ4v) is 4.25. The number of ether oxygens (including phenoxy) is 2. The van der Waals surface area contributed by atoms with E-state index in [0.29, 0.717) is 18.0 Å². The number of benzene rings is 3. The summed E-state index contributed by atoms with van der Waals surface area (Å²) in [6, 6.07) is 25.4. The van der Waals surface area contributed by atoms with Crippen molar-refractivity contribution in [1.29, 1.82) is 0 Å². The van der Waals surface area contributed by atoms with Gasteiger partial charge in [0.25, 0.3) is 11.8 Å². The summed E-state index contributed by atoms with van der Waals surface area (Å²) < 4.78 is 10.6. The van der Waals surface area contributed by atoms with Crippen LogP contribution in [-0.4, -0.2) is 48.5 Å². The van der Waals surface area contributed by atoms with Gasteiger partial charge in [-0.2, -0.15) is 0 Å². The highest BCUT2D eigenvalue weighted by Crippen LogP contribution is 2.26. The highest BCUT2D eigenvalue weighted by Gasteiger charge is 2.37. The van der Waals surface area contributed by atoms with Crippen LogP contribution in [0.4, 0.5) is 5.69 Å². The Morgan fingerprint density at radius 1 is 0.921 bits per heavy atom. The van der Waals surface area contributed by atoms with E-state index < -0.39 is 42.1 Å². The topological polar surface area (TPSA) is 114 Å². The Hall–Kier alpha value is -4.66.